The van der Waals surface area contributed by atoms with E-state index >= 15 is 0 Å². The highest BCUT2D eigenvalue weighted by Gasteiger charge is 2.21. The molecule has 1 N–H and O–H groups in total. The fourth-order valence-electron chi connectivity index (χ4n) is 2.93. The molecule has 0 atom stereocenters. The number of aromatic nitrogens is 2. The van der Waals surface area contributed by atoms with Crippen LogP contribution in [0.2, 0.25) is 0 Å². The van der Waals surface area contributed by atoms with E-state index in [9.17, 15) is 0 Å². The highest BCUT2D eigenvalue weighted by molar-refractivity contribution is 5.79. The number of hydrogen-bond donors (Lipinski definition) is 1. The van der Waals surface area contributed by atoms with Gasteiger partial charge in [0, 0.05) is 45.3 Å². The smallest absolute Gasteiger partial charge is 0.257 e. The van der Waals surface area contributed by atoms with E-state index < -0.39 is 0 Å². The summed E-state index contributed by atoms with van der Waals surface area (Å²) in [6, 6.07) is 8.26. The van der Waals surface area contributed by atoms with E-state index in [1.807, 2.05) is 19.1 Å². The largest absolute Gasteiger partial charge is 0.379 e. The lowest BCUT2D eigenvalue weighted by Gasteiger charge is -2.22. The molecule has 0 spiro atoms. The Morgan fingerprint density at radius 1 is 1.28 bits per heavy atom. The van der Waals surface area contributed by atoms with Gasteiger partial charge in [0.2, 0.25) is 0 Å². The second-order valence-electron chi connectivity index (χ2n) is 7.49. The fourth-order valence-corrected chi connectivity index (χ4v) is 2.93. The molecular formula is C22H33N5O2. The van der Waals surface area contributed by atoms with Crippen LogP contribution in [0.5, 0.6) is 0 Å². The number of rotatable bonds is 11. The summed E-state index contributed by atoms with van der Waals surface area (Å²) in [6.45, 7) is 8.18. The number of nitrogens with one attached hydrogen (secondary N) is 1. The molecule has 29 heavy (non-hydrogen) atoms. The zero-order valence-corrected chi connectivity index (χ0v) is 17.9. The van der Waals surface area contributed by atoms with Gasteiger partial charge >= 0.3 is 0 Å². The summed E-state index contributed by atoms with van der Waals surface area (Å²) in [5.41, 5.74) is 2.18. The molecule has 1 fully saturated rings. The zero-order chi connectivity index (χ0) is 20.5. The molecule has 2 aromatic rings. The predicted octanol–water partition coefficient (Wildman–Crippen LogP) is 3.17. The Kier molecular flexibility index (Phi) is 8.04. The van der Waals surface area contributed by atoms with E-state index in [0.717, 1.165) is 69.0 Å². The van der Waals surface area contributed by atoms with Crippen molar-refractivity contribution in [2.75, 3.05) is 39.9 Å². The Morgan fingerprint density at radius 2 is 2.07 bits per heavy atom. The van der Waals surface area contributed by atoms with Crippen molar-refractivity contribution in [2.45, 2.75) is 39.5 Å². The number of hydrogen-bond acceptors (Lipinski definition) is 5. The maximum atomic E-state index is 5.74. The van der Waals surface area contributed by atoms with E-state index in [1.165, 1.54) is 18.4 Å². The highest BCUT2D eigenvalue weighted by atomic mass is 16.5. The van der Waals surface area contributed by atoms with Crippen LogP contribution in [0.4, 0.5) is 0 Å². The van der Waals surface area contributed by atoms with Crippen LogP contribution >= 0.6 is 0 Å². The molecule has 7 heteroatoms. The average Bonchev–Trinajstić information content (AvgIpc) is 3.44. The molecule has 0 amide bonds. The van der Waals surface area contributed by atoms with Gasteiger partial charge in [-0.2, -0.15) is 4.98 Å². The summed E-state index contributed by atoms with van der Waals surface area (Å²) in [5.74, 6) is 3.04. The van der Waals surface area contributed by atoms with Gasteiger partial charge in [-0.15, -0.1) is 0 Å². The molecule has 3 rings (SSSR count). The molecule has 158 valence electrons. The summed E-state index contributed by atoms with van der Waals surface area (Å²) in [6.07, 6.45) is 4.31. The van der Waals surface area contributed by atoms with Crippen LogP contribution in [0.15, 0.2) is 33.8 Å². The molecule has 0 saturated heterocycles. The quantitative estimate of drug-likeness (QED) is 0.355. The summed E-state index contributed by atoms with van der Waals surface area (Å²) in [5, 5.41) is 7.31. The van der Waals surface area contributed by atoms with E-state index in [1.54, 1.807) is 0 Å². The van der Waals surface area contributed by atoms with Crippen LogP contribution in [0, 0.1) is 5.92 Å². The maximum Gasteiger partial charge on any atom is 0.257 e. The van der Waals surface area contributed by atoms with Gasteiger partial charge in [-0.1, -0.05) is 24.2 Å². The second kappa shape index (κ2) is 11.0. The van der Waals surface area contributed by atoms with E-state index in [4.69, 9.17) is 14.3 Å². The third-order valence-electron chi connectivity index (χ3n) is 4.97. The molecule has 1 aromatic heterocycles. The lowest BCUT2D eigenvalue weighted by molar-refractivity contribution is 0.115. The van der Waals surface area contributed by atoms with E-state index in [2.05, 4.69) is 46.5 Å². The molecule has 0 radical (unpaired) electrons. The lowest BCUT2D eigenvalue weighted by Crippen LogP contribution is -2.40. The maximum absolute atomic E-state index is 5.74. The first-order valence-electron chi connectivity index (χ1n) is 10.7. The molecule has 1 aliphatic rings. The molecule has 1 heterocycles. The Hall–Kier alpha value is -2.41. The number of benzene rings is 1. The molecule has 7 nitrogen and oxygen atoms in total. The van der Waals surface area contributed by atoms with Crippen molar-refractivity contribution in [1.82, 2.24) is 20.4 Å². The van der Waals surface area contributed by atoms with Crippen molar-refractivity contribution >= 4 is 5.96 Å². The number of aliphatic imine (C=N–C) groups is 1. The molecule has 0 aliphatic heterocycles. The number of aryl methyl sites for hydroxylation is 1. The summed E-state index contributed by atoms with van der Waals surface area (Å²) >= 11 is 0. The van der Waals surface area contributed by atoms with Gasteiger partial charge in [0.1, 0.15) is 0 Å². The van der Waals surface area contributed by atoms with E-state index in [-0.39, 0.29) is 0 Å². The van der Waals surface area contributed by atoms with Crippen LogP contribution in [-0.4, -0.2) is 60.9 Å². The zero-order valence-electron chi connectivity index (χ0n) is 17.9. The second-order valence-corrected chi connectivity index (χ2v) is 7.49. The third kappa shape index (κ3) is 6.85. The molecular weight excluding hydrogens is 366 g/mol. The van der Waals surface area contributed by atoms with Crippen LogP contribution in [0.25, 0.3) is 11.5 Å². The van der Waals surface area contributed by atoms with Crippen LogP contribution in [0.3, 0.4) is 0 Å². The van der Waals surface area contributed by atoms with Gasteiger partial charge in [0.15, 0.2) is 11.8 Å². The van der Waals surface area contributed by atoms with Crippen molar-refractivity contribution in [3.8, 4) is 11.5 Å². The van der Waals surface area contributed by atoms with E-state index in [0.29, 0.717) is 5.89 Å². The SMILES string of the molecule is CCNC(=NCCc1ccc(-c2nc(CC)no2)cc1)N(C)CCOCC1CC1. The number of ether oxygens (including phenoxy) is 1. The average molecular weight is 400 g/mol. The first-order valence-corrected chi connectivity index (χ1v) is 10.7. The van der Waals surface area contributed by atoms with Crippen molar-refractivity contribution in [3.63, 3.8) is 0 Å². The minimum absolute atomic E-state index is 0.575. The first kappa shape index (κ1) is 21.3. The summed E-state index contributed by atoms with van der Waals surface area (Å²) in [7, 11) is 2.06. The van der Waals surface area contributed by atoms with Crippen molar-refractivity contribution in [1.29, 1.82) is 0 Å². The fraction of sp³-hybridized carbons (Fsp3) is 0.591. The van der Waals surface area contributed by atoms with Gasteiger partial charge in [0.25, 0.3) is 5.89 Å². The minimum Gasteiger partial charge on any atom is -0.379 e. The number of guanidine groups is 1. The molecule has 0 bridgehead atoms. The third-order valence-corrected chi connectivity index (χ3v) is 4.97. The number of likely N-dealkylation sites (N-methyl/N-ethyl adjacent to an activating group) is 1. The Morgan fingerprint density at radius 3 is 2.72 bits per heavy atom. The Labute approximate surface area is 173 Å². The number of nitrogens with zero attached hydrogens (tertiary/aromatic N) is 4. The van der Waals surface area contributed by atoms with Gasteiger partial charge in [-0.25, -0.2) is 0 Å². The topological polar surface area (TPSA) is 75.8 Å². The van der Waals surface area contributed by atoms with Crippen molar-refractivity contribution in [3.05, 3.63) is 35.7 Å². The standard InChI is InChI=1S/C22H33N5O2/c1-4-20-25-21(29-26-20)19-10-8-17(9-11-19)12-13-24-22(23-5-2)27(3)14-15-28-16-18-6-7-18/h8-11,18H,4-7,12-16H2,1-3H3,(H,23,24). The van der Waals surface area contributed by atoms with Crippen LogP contribution in [-0.2, 0) is 17.6 Å². The highest BCUT2D eigenvalue weighted by Crippen LogP contribution is 2.28. The van der Waals surface area contributed by atoms with Crippen LogP contribution < -0.4 is 5.32 Å². The Bertz CT molecular complexity index is 768. The first-order chi connectivity index (χ1) is 14.2. The Balaban J connectivity index is 1.47. The molecule has 1 saturated carbocycles. The van der Waals surface area contributed by atoms with Gasteiger partial charge < -0.3 is 19.5 Å². The van der Waals surface area contributed by atoms with Gasteiger partial charge in [0.05, 0.1) is 6.61 Å². The summed E-state index contributed by atoms with van der Waals surface area (Å²) < 4.78 is 11.0. The van der Waals surface area contributed by atoms with Crippen LogP contribution in [0.1, 0.15) is 38.1 Å². The van der Waals surface area contributed by atoms with Crippen molar-refractivity contribution < 1.29 is 9.26 Å². The van der Waals surface area contributed by atoms with Crippen molar-refractivity contribution in [2.24, 2.45) is 10.9 Å². The predicted molar refractivity (Wildman–Crippen MR) is 115 cm³/mol. The monoisotopic (exact) mass is 399 g/mol. The molecule has 1 aliphatic carbocycles. The summed E-state index contributed by atoms with van der Waals surface area (Å²) in [4.78, 5) is 11.3. The normalized spacial score (nSPS) is 14.2. The van der Waals surface area contributed by atoms with Gasteiger partial charge in [-0.3, -0.25) is 4.99 Å². The minimum atomic E-state index is 0.575. The molecule has 0 unspecified atom stereocenters. The molecule has 1 aromatic carbocycles. The van der Waals surface area contributed by atoms with Gasteiger partial charge in [-0.05, 0) is 49.8 Å². The lowest BCUT2D eigenvalue weighted by atomic mass is 10.1.